The Morgan fingerprint density at radius 3 is 3.07 bits per heavy atom. The molecule has 7 heteroatoms. The van der Waals surface area contributed by atoms with Gasteiger partial charge in [-0.05, 0) is 55.4 Å². The van der Waals surface area contributed by atoms with E-state index in [1.165, 1.54) is 40.6 Å². The van der Waals surface area contributed by atoms with Crippen molar-refractivity contribution < 1.29 is 4.79 Å². The van der Waals surface area contributed by atoms with Gasteiger partial charge in [0.1, 0.15) is 0 Å². The van der Waals surface area contributed by atoms with Crippen LogP contribution in [0.15, 0.2) is 34.8 Å². The Bertz CT molecular complexity index is 1010. The zero-order valence-electron chi connectivity index (χ0n) is 16.4. The minimum atomic E-state index is -0.0398. The number of nitrogens with zero attached hydrogens (tertiary/aromatic N) is 3. The number of thioether (sulfide) groups is 1. The summed E-state index contributed by atoms with van der Waals surface area (Å²) in [6.45, 7) is 4.33. The van der Waals surface area contributed by atoms with Crippen LogP contribution in [0.1, 0.15) is 29.3 Å². The van der Waals surface area contributed by atoms with E-state index in [0.29, 0.717) is 5.75 Å². The largest absolute Gasteiger partial charge is 0.325 e. The van der Waals surface area contributed by atoms with Crippen LogP contribution in [-0.2, 0) is 24.7 Å². The second-order valence-electron chi connectivity index (χ2n) is 7.47. The summed E-state index contributed by atoms with van der Waals surface area (Å²) in [6, 6.07) is 7.81. The van der Waals surface area contributed by atoms with Crippen molar-refractivity contribution >= 4 is 34.7 Å². The van der Waals surface area contributed by atoms with Crippen molar-refractivity contribution in [2.45, 2.75) is 38.3 Å². The van der Waals surface area contributed by atoms with Crippen LogP contribution in [-0.4, -0.2) is 26.4 Å². The summed E-state index contributed by atoms with van der Waals surface area (Å²) in [5.41, 5.74) is 4.59. The van der Waals surface area contributed by atoms with Crippen LogP contribution in [0.2, 0.25) is 0 Å². The topological polar surface area (TPSA) is 59.8 Å². The number of hydrogen-bond donors (Lipinski definition) is 1. The van der Waals surface area contributed by atoms with Crippen molar-refractivity contribution in [1.29, 1.82) is 0 Å². The molecule has 1 aliphatic rings. The summed E-state index contributed by atoms with van der Waals surface area (Å²) < 4.78 is 2.00. The third kappa shape index (κ3) is 4.00. The molecule has 28 heavy (non-hydrogen) atoms. The maximum atomic E-state index is 12.3. The lowest BCUT2D eigenvalue weighted by Crippen LogP contribution is -2.14. The number of hydrogen-bond acceptors (Lipinski definition) is 5. The summed E-state index contributed by atoms with van der Waals surface area (Å²) in [4.78, 5) is 13.8. The van der Waals surface area contributed by atoms with Gasteiger partial charge in [-0.2, -0.15) is 0 Å². The van der Waals surface area contributed by atoms with Gasteiger partial charge in [0.05, 0.1) is 5.75 Å². The van der Waals surface area contributed by atoms with Gasteiger partial charge in [-0.1, -0.05) is 30.8 Å². The maximum Gasteiger partial charge on any atom is 0.234 e. The molecular weight excluding hydrogens is 388 g/mol. The number of anilines is 1. The Morgan fingerprint density at radius 1 is 1.39 bits per heavy atom. The first-order valence-corrected chi connectivity index (χ1v) is 11.4. The first-order valence-electron chi connectivity index (χ1n) is 9.49. The van der Waals surface area contributed by atoms with E-state index in [4.69, 9.17) is 0 Å². The van der Waals surface area contributed by atoms with Gasteiger partial charge in [-0.3, -0.25) is 4.79 Å². The lowest BCUT2D eigenvalue weighted by Gasteiger charge is -2.18. The van der Waals surface area contributed by atoms with E-state index in [1.807, 2.05) is 54.1 Å². The number of carbonyl (C=O) groups is 1. The fraction of sp³-hybridized carbons (Fsp3) is 0.381. The molecule has 0 aliphatic heterocycles. The van der Waals surface area contributed by atoms with Gasteiger partial charge in [0.25, 0.3) is 0 Å². The van der Waals surface area contributed by atoms with Gasteiger partial charge in [0.2, 0.25) is 5.91 Å². The smallest absolute Gasteiger partial charge is 0.234 e. The van der Waals surface area contributed by atoms with Crippen LogP contribution in [0.4, 0.5) is 5.69 Å². The van der Waals surface area contributed by atoms with E-state index in [0.717, 1.165) is 34.6 Å². The predicted molar refractivity (Wildman–Crippen MR) is 116 cm³/mol. The summed E-state index contributed by atoms with van der Waals surface area (Å²) in [7, 11) is 1.98. The van der Waals surface area contributed by atoms with E-state index in [1.54, 1.807) is 0 Å². The lowest BCUT2D eigenvalue weighted by molar-refractivity contribution is -0.113. The summed E-state index contributed by atoms with van der Waals surface area (Å²) in [6.07, 6.45) is 3.51. The van der Waals surface area contributed by atoms with E-state index < -0.39 is 0 Å². The SMILES string of the molecule is Cc1cccc(NC(=O)CSc2nnc(-c3csc4c3CCC(C)C4)n2C)c1. The third-order valence-corrected chi connectivity index (χ3v) is 7.18. The molecule has 0 fully saturated rings. The van der Waals surface area contributed by atoms with Gasteiger partial charge in [0.15, 0.2) is 11.0 Å². The molecule has 0 bridgehead atoms. The number of thiophene rings is 1. The molecule has 0 spiro atoms. The molecule has 1 N–H and O–H groups in total. The van der Waals surface area contributed by atoms with Gasteiger partial charge in [-0.25, -0.2) is 0 Å². The quantitative estimate of drug-likeness (QED) is 0.617. The van der Waals surface area contributed by atoms with Crippen LogP contribution in [0, 0.1) is 12.8 Å². The van der Waals surface area contributed by atoms with E-state index in [9.17, 15) is 4.79 Å². The molecule has 1 amide bonds. The van der Waals surface area contributed by atoms with Crippen LogP contribution >= 0.6 is 23.1 Å². The number of aromatic nitrogens is 3. The molecule has 5 nitrogen and oxygen atoms in total. The summed E-state index contributed by atoms with van der Waals surface area (Å²) in [5, 5.41) is 14.7. The second-order valence-corrected chi connectivity index (χ2v) is 9.38. The van der Waals surface area contributed by atoms with Crippen LogP contribution in [0.25, 0.3) is 11.4 Å². The highest BCUT2D eigenvalue weighted by Crippen LogP contribution is 2.38. The molecule has 2 aromatic heterocycles. The second kappa shape index (κ2) is 8.09. The van der Waals surface area contributed by atoms with Crippen molar-refractivity contribution in [3.63, 3.8) is 0 Å². The van der Waals surface area contributed by atoms with Crippen LogP contribution in [0.3, 0.4) is 0 Å². The molecule has 0 radical (unpaired) electrons. The highest BCUT2D eigenvalue weighted by Gasteiger charge is 2.23. The van der Waals surface area contributed by atoms with E-state index >= 15 is 0 Å². The average molecular weight is 413 g/mol. The third-order valence-electron chi connectivity index (χ3n) is 5.11. The number of carbonyl (C=O) groups excluding carboxylic acids is 1. The van der Waals surface area contributed by atoms with Crippen LogP contribution < -0.4 is 5.32 Å². The Kier molecular flexibility index (Phi) is 5.55. The molecule has 2 heterocycles. The maximum absolute atomic E-state index is 12.3. The molecule has 3 aromatic rings. The molecule has 1 atom stereocenters. The van der Waals surface area contributed by atoms with Crippen molar-refractivity contribution in [2.75, 3.05) is 11.1 Å². The van der Waals surface area contributed by atoms with Crippen molar-refractivity contribution in [3.05, 3.63) is 45.6 Å². The number of nitrogens with one attached hydrogen (secondary N) is 1. The molecule has 146 valence electrons. The minimum absolute atomic E-state index is 0.0398. The van der Waals surface area contributed by atoms with Gasteiger partial charge < -0.3 is 9.88 Å². The highest BCUT2D eigenvalue weighted by atomic mass is 32.2. The molecule has 0 saturated carbocycles. The molecule has 0 saturated heterocycles. The average Bonchev–Trinajstić information content (AvgIpc) is 3.22. The summed E-state index contributed by atoms with van der Waals surface area (Å²) in [5.74, 6) is 1.92. The molecule has 1 aromatic carbocycles. The number of rotatable bonds is 5. The number of fused-ring (bicyclic) bond motifs is 1. The number of aryl methyl sites for hydroxylation is 1. The first kappa shape index (κ1) is 19.2. The highest BCUT2D eigenvalue weighted by molar-refractivity contribution is 7.99. The van der Waals surface area contributed by atoms with Gasteiger partial charge in [-0.15, -0.1) is 21.5 Å². The van der Waals surface area contributed by atoms with E-state index in [-0.39, 0.29) is 5.91 Å². The zero-order chi connectivity index (χ0) is 19.7. The number of amides is 1. The van der Waals surface area contributed by atoms with Crippen molar-refractivity contribution in [3.8, 4) is 11.4 Å². The fourth-order valence-electron chi connectivity index (χ4n) is 3.59. The molecule has 1 unspecified atom stereocenters. The lowest BCUT2D eigenvalue weighted by atomic mass is 9.88. The zero-order valence-corrected chi connectivity index (χ0v) is 18.0. The van der Waals surface area contributed by atoms with Crippen LogP contribution in [0.5, 0.6) is 0 Å². The standard InChI is InChI=1S/C21H24N4OS2/c1-13-5-4-6-15(9-13)22-19(26)12-28-21-24-23-20(25(21)3)17-11-27-18-10-14(2)7-8-16(17)18/h4-6,9,11,14H,7-8,10,12H2,1-3H3,(H,22,26). The van der Waals surface area contributed by atoms with Gasteiger partial charge >= 0.3 is 0 Å². The van der Waals surface area contributed by atoms with Crippen molar-refractivity contribution in [2.24, 2.45) is 13.0 Å². The Balaban J connectivity index is 1.44. The Morgan fingerprint density at radius 2 is 2.25 bits per heavy atom. The minimum Gasteiger partial charge on any atom is -0.325 e. The monoisotopic (exact) mass is 412 g/mol. The molecular formula is C21H24N4OS2. The molecule has 1 aliphatic carbocycles. The van der Waals surface area contributed by atoms with Gasteiger partial charge in [0, 0.05) is 28.6 Å². The first-order chi connectivity index (χ1) is 13.5. The normalized spacial score (nSPS) is 16.0. The fourth-order valence-corrected chi connectivity index (χ4v) is 5.54. The van der Waals surface area contributed by atoms with E-state index in [2.05, 4.69) is 27.8 Å². The van der Waals surface area contributed by atoms with Crippen molar-refractivity contribution in [1.82, 2.24) is 14.8 Å². The summed E-state index contributed by atoms with van der Waals surface area (Å²) >= 11 is 3.25. The Hall–Kier alpha value is -2.12. The Labute approximate surface area is 173 Å². The molecule has 4 rings (SSSR count). The predicted octanol–water partition coefficient (Wildman–Crippen LogP) is 4.71. The number of benzene rings is 1.